The largest absolute Gasteiger partial charge is 0.475 e. The second-order valence-electron chi connectivity index (χ2n) is 8.79. The minimum atomic E-state index is -4.54. The lowest BCUT2D eigenvalue weighted by Crippen LogP contribution is -2.48. The van der Waals surface area contributed by atoms with Crippen molar-refractivity contribution in [1.29, 1.82) is 0 Å². The average molecular weight is 551 g/mol. The summed E-state index contributed by atoms with van der Waals surface area (Å²) in [7, 11) is 0. The number of aliphatic hydroxyl groups excluding tert-OH is 2. The third kappa shape index (κ3) is 5.17. The highest BCUT2D eigenvalue weighted by atomic mass is 35.5. The Balaban J connectivity index is 1.46. The monoisotopic (exact) mass is 550 g/mol. The zero-order valence-electron chi connectivity index (χ0n) is 19.7. The molecule has 2 bridgehead atoms. The first kappa shape index (κ1) is 25.9. The van der Waals surface area contributed by atoms with Gasteiger partial charge < -0.3 is 19.8 Å². The summed E-state index contributed by atoms with van der Waals surface area (Å²) < 4.78 is 45.2. The Morgan fingerprint density at radius 2 is 2.08 bits per heavy atom. The van der Waals surface area contributed by atoms with Crippen LogP contribution < -0.4 is 19.9 Å². The molecule has 3 aromatic rings. The minimum absolute atomic E-state index is 0.0694. The van der Waals surface area contributed by atoms with Crippen molar-refractivity contribution in [3.63, 3.8) is 0 Å². The number of carbonyl (C=O) groups is 1. The molecule has 2 aromatic heterocycles. The smallest absolute Gasteiger partial charge is 0.416 e. The van der Waals surface area contributed by atoms with Gasteiger partial charge in [0.05, 0.1) is 34.6 Å². The summed E-state index contributed by atoms with van der Waals surface area (Å²) in [6, 6.07) is 6.89. The molecule has 2 aliphatic rings. The Kier molecular flexibility index (Phi) is 6.99. The van der Waals surface area contributed by atoms with E-state index in [-0.39, 0.29) is 46.6 Å². The van der Waals surface area contributed by atoms with Gasteiger partial charge in [-0.15, -0.1) is 0 Å². The lowest BCUT2D eigenvalue weighted by Gasteiger charge is -2.36. The summed E-state index contributed by atoms with van der Waals surface area (Å²) in [5, 5.41) is 21.2. The highest BCUT2D eigenvalue weighted by Crippen LogP contribution is 2.43. The van der Waals surface area contributed by atoms with E-state index in [0.717, 1.165) is 12.1 Å². The fourth-order valence-electron chi connectivity index (χ4n) is 4.40. The van der Waals surface area contributed by atoms with Crippen LogP contribution in [0.4, 0.5) is 35.4 Å². The molecule has 3 N–H and O–H groups in total. The standard InChI is InChI=1S/C24H22ClF3N6O4/c25-17-9-18-21(31-20(17)13-2-1-3-14(8-13)24(26,27)28)34(15-5-7-33(18)10-15)23(37)32-22-29-6-4-19(30-22)38-12-16(36)11-35/h1-4,6,8-9,15-16,35-36H,5,7,10-12H2,(H,29,30,32,37)/t15-,16?/m0/s1. The molecule has 14 heteroatoms. The summed E-state index contributed by atoms with van der Waals surface area (Å²) >= 11 is 6.48. The van der Waals surface area contributed by atoms with Gasteiger partial charge in [0.15, 0.2) is 5.82 Å². The first-order valence-electron chi connectivity index (χ1n) is 11.6. The zero-order chi connectivity index (χ0) is 27.0. The third-order valence-corrected chi connectivity index (χ3v) is 6.49. The first-order chi connectivity index (χ1) is 18.1. The summed E-state index contributed by atoms with van der Waals surface area (Å²) in [4.78, 5) is 29.6. The number of amides is 2. The molecule has 1 aromatic carbocycles. The highest BCUT2D eigenvalue weighted by molar-refractivity contribution is 6.33. The van der Waals surface area contributed by atoms with Gasteiger partial charge in [-0.2, -0.15) is 18.2 Å². The minimum Gasteiger partial charge on any atom is -0.475 e. The Morgan fingerprint density at radius 3 is 2.84 bits per heavy atom. The van der Waals surface area contributed by atoms with Crippen molar-refractivity contribution in [3.8, 4) is 17.1 Å². The van der Waals surface area contributed by atoms with E-state index in [0.29, 0.717) is 25.2 Å². The predicted molar refractivity (Wildman–Crippen MR) is 132 cm³/mol. The van der Waals surface area contributed by atoms with Crippen molar-refractivity contribution >= 4 is 35.1 Å². The number of hydrogen-bond acceptors (Lipinski definition) is 8. The topological polar surface area (TPSA) is 124 Å². The molecule has 0 spiro atoms. The number of benzene rings is 1. The molecule has 4 heterocycles. The summed E-state index contributed by atoms with van der Waals surface area (Å²) in [5.74, 6) is 0.261. The number of ether oxygens (including phenoxy) is 1. The number of rotatable bonds is 6. The van der Waals surface area contributed by atoms with Crippen LogP contribution in [0.3, 0.4) is 0 Å². The van der Waals surface area contributed by atoms with Crippen molar-refractivity contribution in [2.75, 3.05) is 41.4 Å². The number of halogens is 4. The van der Waals surface area contributed by atoms with Gasteiger partial charge in [0.2, 0.25) is 11.8 Å². The molecule has 1 saturated heterocycles. The van der Waals surface area contributed by atoms with Crippen LogP contribution in [0.1, 0.15) is 12.0 Å². The van der Waals surface area contributed by atoms with E-state index in [1.54, 1.807) is 6.07 Å². The molecule has 1 fully saturated rings. The molecule has 2 atom stereocenters. The Morgan fingerprint density at radius 1 is 1.26 bits per heavy atom. The van der Waals surface area contributed by atoms with Crippen LogP contribution in [0.2, 0.25) is 5.02 Å². The van der Waals surface area contributed by atoms with E-state index in [1.165, 1.54) is 29.3 Å². The number of nitrogens with one attached hydrogen (secondary N) is 1. The second kappa shape index (κ2) is 10.2. The van der Waals surface area contributed by atoms with Crippen LogP contribution in [0.15, 0.2) is 42.6 Å². The lowest BCUT2D eigenvalue weighted by atomic mass is 10.1. The van der Waals surface area contributed by atoms with E-state index in [4.69, 9.17) is 21.4 Å². The van der Waals surface area contributed by atoms with Crippen LogP contribution in [-0.4, -0.2) is 69.6 Å². The number of pyridine rings is 1. The van der Waals surface area contributed by atoms with E-state index < -0.39 is 30.5 Å². The molecule has 5 rings (SSSR count). The third-order valence-electron chi connectivity index (χ3n) is 6.20. The summed E-state index contributed by atoms with van der Waals surface area (Å²) in [5.41, 5.74) is 0.0328. The molecular weight excluding hydrogens is 529 g/mol. The van der Waals surface area contributed by atoms with Crippen LogP contribution in [0.5, 0.6) is 5.88 Å². The SMILES string of the molecule is O=C(Nc1nccc(OCC(O)CO)n1)N1c2nc(-c3cccc(C(F)(F)F)c3)c(Cl)cc2N2CC[C@H]1C2. The van der Waals surface area contributed by atoms with Crippen molar-refractivity contribution in [2.24, 2.45) is 0 Å². The normalized spacial score (nSPS) is 17.3. The summed E-state index contributed by atoms with van der Waals surface area (Å²) in [6.45, 7) is 0.488. The number of alkyl halides is 3. The molecule has 200 valence electrons. The van der Waals surface area contributed by atoms with E-state index >= 15 is 0 Å². The Labute approximate surface area is 219 Å². The average Bonchev–Trinajstić information content (AvgIpc) is 3.31. The van der Waals surface area contributed by atoms with Gasteiger partial charge in [-0.25, -0.2) is 14.8 Å². The number of anilines is 3. The maximum Gasteiger partial charge on any atom is 0.416 e. The van der Waals surface area contributed by atoms with E-state index in [1.807, 2.05) is 4.90 Å². The number of carbonyl (C=O) groups excluding carboxylic acids is 1. The van der Waals surface area contributed by atoms with Gasteiger partial charge in [0.1, 0.15) is 12.7 Å². The molecule has 2 aliphatic heterocycles. The van der Waals surface area contributed by atoms with Gasteiger partial charge in [0.25, 0.3) is 0 Å². The quantitative estimate of drug-likeness (QED) is 0.425. The Hall–Kier alpha value is -3.68. The zero-order valence-corrected chi connectivity index (χ0v) is 20.4. The number of aliphatic hydroxyl groups is 2. The molecule has 0 radical (unpaired) electrons. The fraction of sp³-hybridized carbons (Fsp3) is 0.333. The molecule has 38 heavy (non-hydrogen) atoms. The van der Waals surface area contributed by atoms with Crippen LogP contribution in [0.25, 0.3) is 11.3 Å². The van der Waals surface area contributed by atoms with Crippen LogP contribution in [0, 0.1) is 0 Å². The molecule has 2 amide bonds. The second-order valence-corrected chi connectivity index (χ2v) is 9.20. The van der Waals surface area contributed by atoms with Gasteiger partial charge in [0, 0.05) is 30.9 Å². The van der Waals surface area contributed by atoms with Gasteiger partial charge in [-0.05, 0) is 24.6 Å². The van der Waals surface area contributed by atoms with Crippen molar-refractivity contribution in [2.45, 2.75) is 24.7 Å². The molecule has 10 nitrogen and oxygen atoms in total. The number of nitrogens with zero attached hydrogens (tertiary/aromatic N) is 5. The molecule has 0 aliphatic carbocycles. The molecular formula is C24H22ClF3N6O4. The van der Waals surface area contributed by atoms with E-state index in [2.05, 4.69) is 20.3 Å². The number of hydrogen-bond donors (Lipinski definition) is 3. The number of fused-ring (bicyclic) bond motifs is 4. The van der Waals surface area contributed by atoms with Crippen molar-refractivity contribution in [1.82, 2.24) is 15.0 Å². The maximum absolute atomic E-state index is 13.4. The predicted octanol–water partition coefficient (Wildman–Crippen LogP) is 3.57. The highest BCUT2D eigenvalue weighted by Gasteiger charge is 2.41. The van der Waals surface area contributed by atoms with Crippen molar-refractivity contribution in [3.05, 3.63) is 53.2 Å². The molecule has 1 unspecified atom stereocenters. The van der Waals surface area contributed by atoms with Gasteiger partial charge in [-0.1, -0.05) is 23.7 Å². The van der Waals surface area contributed by atoms with Gasteiger partial charge in [-0.3, -0.25) is 10.2 Å². The number of urea groups is 1. The van der Waals surface area contributed by atoms with E-state index in [9.17, 15) is 23.1 Å². The Bertz CT molecular complexity index is 1360. The molecule has 0 saturated carbocycles. The maximum atomic E-state index is 13.4. The number of aromatic nitrogens is 3. The summed E-state index contributed by atoms with van der Waals surface area (Å²) in [6.07, 6.45) is -3.64. The van der Waals surface area contributed by atoms with Crippen molar-refractivity contribution < 1.29 is 32.9 Å². The van der Waals surface area contributed by atoms with Crippen LogP contribution >= 0.6 is 11.6 Å². The fourth-order valence-corrected chi connectivity index (χ4v) is 4.66. The van der Waals surface area contributed by atoms with Crippen LogP contribution in [-0.2, 0) is 6.18 Å². The van der Waals surface area contributed by atoms with Gasteiger partial charge >= 0.3 is 12.2 Å². The lowest BCUT2D eigenvalue weighted by molar-refractivity contribution is -0.137. The first-order valence-corrected chi connectivity index (χ1v) is 12.0.